The lowest BCUT2D eigenvalue weighted by Crippen LogP contribution is -2.27. The van der Waals surface area contributed by atoms with Crippen LogP contribution in [0.15, 0.2) is 16.9 Å². The van der Waals surface area contributed by atoms with Gasteiger partial charge in [0.1, 0.15) is 18.1 Å². The Labute approximate surface area is 155 Å². The van der Waals surface area contributed by atoms with Gasteiger partial charge in [-0.25, -0.2) is 9.50 Å². The summed E-state index contributed by atoms with van der Waals surface area (Å²) in [7, 11) is 0. The molecule has 0 aliphatic carbocycles. The minimum atomic E-state index is -0.273. The fraction of sp³-hybridized carbons (Fsp3) is 0.529. The van der Waals surface area contributed by atoms with Gasteiger partial charge in [-0.1, -0.05) is 19.0 Å². The zero-order valence-corrected chi connectivity index (χ0v) is 15.3. The first-order valence-corrected chi connectivity index (χ1v) is 9.05. The highest BCUT2D eigenvalue weighted by molar-refractivity contribution is 5.92. The second-order valence-corrected chi connectivity index (χ2v) is 6.75. The van der Waals surface area contributed by atoms with Crippen molar-refractivity contribution in [2.75, 3.05) is 13.2 Å². The molecule has 1 saturated heterocycles. The molecule has 1 aliphatic heterocycles. The van der Waals surface area contributed by atoms with Gasteiger partial charge in [-0.2, -0.15) is 15.1 Å². The van der Waals surface area contributed by atoms with Crippen LogP contribution in [0.5, 0.6) is 0 Å². The van der Waals surface area contributed by atoms with Crippen molar-refractivity contribution >= 4 is 11.7 Å². The molecule has 0 spiro atoms. The molecule has 10 nitrogen and oxygen atoms in total. The average molecular weight is 371 g/mol. The van der Waals surface area contributed by atoms with Crippen LogP contribution in [-0.2, 0) is 11.2 Å². The van der Waals surface area contributed by atoms with Crippen LogP contribution in [0.4, 0.5) is 0 Å². The van der Waals surface area contributed by atoms with Gasteiger partial charge in [0, 0.05) is 19.6 Å². The van der Waals surface area contributed by atoms with Crippen molar-refractivity contribution in [3.05, 3.63) is 35.5 Å². The Balaban J connectivity index is 1.39. The third kappa shape index (κ3) is 3.65. The molecule has 0 saturated carbocycles. The Hall–Kier alpha value is -2.88. The van der Waals surface area contributed by atoms with E-state index in [1.807, 2.05) is 13.8 Å². The normalized spacial score (nSPS) is 17.1. The van der Waals surface area contributed by atoms with Crippen LogP contribution in [0.25, 0.3) is 5.78 Å². The quantitative estimate of drug-likeness (QED) is 0.691. The molecule has 27 heavy (non-hydrogen) atoms. The summed E-state index contributed by atoms with van der Waals surface area (Å²) in [4.78, 5) is 25.2. The lowest BCUT2D eigenvalue weighted by Gasteiger charge is -2.10. The summed E-state index contributed by atoms with van der Waals surface area (Å²) < 4.78 is 12.4. The van der Waals surface area contributed by atoms with E-state index in [1.165, 1.54) is 6.33 Å². The van der Waals surface area contributed by atoms with Crippen molar-refractivity contribution in [2.24, 2.45) is 0 Å². The number of rotatable bonds is 6. The van der Waals surface area contributed by atoms with E-state index in [0.29, 0.717) is 36.2 Å². The Bertz CT molecular complexity index is 943. The molecule has 10 heteroatoms. The van der Waals surface area contributed by atoms with Crippen molar-refractivity contribution in [3.8, 4) is 0 Å². The van der Waals surface area contributed by atoms with E-state index in [4.69, 9.17) is 9.26 Å². The van der Waals surface area contributed by atoms with E-state index >= 15 is 0 Å². The summed E-state index contributed by atoms with van der Waals surface area (Å²) >= 11 is 0. The summed E-state index contributed by atoms with van der Waals surface area (Å²) in [6, 6.07) is 1.74. The number of carbonyl (C=O) groups excluding carboxylic acids is 1. The molecular formula is C17H21N7O3. The number of carbonyl (C=O) groups is 1. The van der Waals surface area contributed by atoms with Crippen LogP contribution in [0.3, 0.4) is 0 Å². The molecule has 0 aromatic carbocycles. The van der Waals surface area contributed by atoms with Gasteiger partial charge in [-0.3, -0.25) is 4.79 Å². The summed E-state index contributed by atoms with van der Waals surface area (Å²) in [5.41, 5.74) is 1.19. The molecule has 3 aromatic rings. The van der Waals surface area contributed by atoms with E-state index in [0.717, 1.165) is 25.1 Å². The minimum absolute atomic E-state index is 0.102. The minimum Gasteiger partial charge on any atom is -0.368 e. The maximum Gasteiger partial charge on any atom is 0.270 e. The third-order valence-corrected chi connectivity index (χ3v) is 4.43. The van der Waals surface area contributed by atoms with Crippen molar-refractivity contribution in [3.63, 3.8) is 0 Å². The van der Waals surface area contributed by atoms with Crippen molar-refractivity contribution in [1.82, 2.24) is 35.0 Å². The van der Waals surface area contributed by atoms with Crippen LogP contribution in [0.2, 0.25) is 0 Å². The largest absolute Gasteiger partial charge is 0.368 e. The molecule has 1 unspecified atom stereocenters. The zero-order chi connectivity index (χ0) is 18.8. The molecule has 4 heterocycles. The highest BCUT2D eigenvalue weighted by atomic mass is 16.5. The molecule has 1 atom stereocenters. The smallest absolute Gasteiger partial charge is 0.270 e. The number of aromatic nitrogens is 6. The fourth-order valence-corrected chi connectivity index (χ4v) is 3.01. The Kier molecular flexibility index (Phi) is 4.80. The topological polar surface area (TPSA) is 120 Å². The molecule has 1 amide bonds. The zero-order valence-electron chi connectivity index (χ0n) is 15.3. The second kappa shape index (κ2) is 7.39. The molecular weight excluding hydrogens is 350 g/mol. The van der Waals surface area contributed by atoms with Crippen molar-refractivity contribution < 1.29 is 14.1 Å². The van der Waals surface area contributed by atoms with E-state index in [2.05, 4.69) is 30.5 Å². The van der Waals surface area contributed by atoms with Gasteiger partial charge in [0.2, 0.25) is 0 Å². The molecule has 0 bridgehead atoms. The van der Waals surface area contributed by atoms with E-state index in [1.54, 1.807) is 10.6 Å². The first-order valence-electron chi connectivity index (χ1n) is 9.05. The molecule has 1 N–H and O–H groups in total. The summed E-state index contributed by atoms with van der Waals surface area (Å²) in [6.07, 6.45) is 3.69. The second-order valence-electron chi connectivity index (χ2n) is 6.75. The SMILES string of the molecule is CC(C)c1cc(C(=O)NCCc2noc(C3CCCO3)n2)nc2ncnn12. The summed E-state index contributed by atoms with van der Waals surface area (Å²) in [5.74, 6) is 1.37. The highest BCUT2D eigenvalue weighted by Crippen LogP contribution is 2.26. The van der Waals surface area contributed by atoms with Gasteiger partial charge in [-0.05, 0) is 24.8 Å². The predicted octanol–water partition coefficient (Wildman–Crippen LogP) is 1.45. The van der Waals surface area contributed by atoms with Crippen molar-refractivity contribution in [1.29, 1.82) is 0 Å². The number of hydrogen-bond acceptors (Lipinski definition) is 8. The maximum atomic E-state index is 12.5. The summed E-state index contributed by atoms with van der Waals surface area (Å²) in [6.45, 7) is 5.15. The third-order valence-electron chi connectivity index (χ3n) is 4.43. The lowest BCUT2D eigenvalue weighted by atomic mass is 10.1. The van der Waals surface area contributed by atoms with Crippen LogP contribution < -0.4 is 5.32 Å². The first kappa shape index (κ1) is 17.5. The number of ether oxygens (including phenoxy) is 1. The first-order chi connectivity index (χ1) is 13.1. The number of nitrogens with one attached hydrogen (secondary N) is 1. The molecule has 1 fully saturated rings. The molecule has 1 aliphatic rings. The van der Waals surface area contributed by atoms with Gasteiger partial charge in [0.15, 0.2) is 5.82 Å². The molecule has 4 rings (SSSR count). The molecule has 3 aromatic heterocycles. The number of amides is 1. The predicted molar refractivity (Wildman–Crippen MR) is 93.1 cm³/mol. The lowest BCUT2D eigenvalue weighted by molar-refractivity contribution is 0.0835. The van der Waals surface area contributed by atoms with E-state index in [9.17, 15) is 4.79 Å². The maximum absolute atomic E-state index is 12.5. The Morgan fingerprint density at radius 2 is 2.30 bits per heavy atom. The molecule has 0 radical (unpaired) electrons. The number of fused-ring (bicyclic) bond motifs is 1. The summed E-state index contributed by atoms with van der Waals surface area (Å²) in [5, 5.41) is 10.9. The van der Waals surface area contributed by atoms with E-state index < -0.39 is 0 Å². The standard InChI is InChI=1S/C17H21N7O3/c1-10(2)12-8-11(21-17-19-9-20-24(12)17)15(25)18-6-5-14-22-16(27-23-14)13-4-3-7-26-13/h8-10,13H,3-7H2,1-2H3,(H,18,25). The van der Waals surface area contributed by atoms with Gasteiger partial charge in [-0.15, -0.1) is 0 Å². The van der Waals surface area contributed by atoms with Gasteiger partial charge >= 0.3 is 0 Å². The fourth-order valence-electron chi connectivity index (χ4n) is 3.01. The Morgan fingerprint density at radius 1 is 1.41 bits per heavy atom. The number of hydrogen-bond donors (Lipinski definition) is 1. The average Bonchev–Trinajstić information content (AvgIpc) is 3.40. The van der Waals surface area contributed by atoms with Crippen LogP contribution in [-0.4, -0.2) is 48.8 Å². The van der Waals surface area contributed by atoms with Crippen LogP contribution in [0, 0.1) is 0 Å². The van der Waals surface area contributed by atoms with Gasteiger partial charge in [0.05, 0.1) is 5.69 Å². The highest BCUT2D eigenvalue weighted by Gasteiger charge is 2.23. The van der Waals surface area contributed by atoms with Gasteiger partial charge < -0.3 is 14.6 Å². The van der Waals surface area contributed by atoms with Crippen LogP contribution >= 0.6 is 0 Å². The van der Waals surface area contributed by atoms with Gasteiger partial charge in [0.25, 0.3) is 17.6 Å². The van der Waals surface area contributed by atoms with E-state index in [-0.39, 0.29) is 17.9 Å². The van der Waals surface area contributed by atoms with Crippen LogP contribution in [0.1, 0.15) is 66.6 Å². The molecule has 142 valence electrons. The monoisotopic (exact) mass is 371 g/mol. The Morgan fingerprint density at radius 3 is 3.07 bits per heavy atom. The number of nitrogens with zero attached hydrogens (tertiary/aromatic N) is 6. The van der Waals surface area contributed by atoms with Crippen molar-refractivity contribution in [2.45, 2.75) is 45.1 Å².